The molecule has 2 aromatic rings. The maximum Gasteiger partial charge on any atom is 0.254 e. The van der Waals surface area contributed by atoms with Crippen LogP contribution < -0.4 is 0 Å². The minimum atomic E-state index is -1.04. The Kier molecular flexibility index (Phi) is 5.14. The van der Waals surface area contributed by atoms with Crippen molar-refractivity contribution in [3.8, 4) is 0 Å². The molecule has 0 unspecified atom stereocenters. The molecule has 1 amide bonds. The summed E-state index contributed by atoms with van der Waals surface area (Å²) in [6.07, 6.45) is 0. The summed E-state index contributed by atoms with van der Waals surface area (Å²) in [5.74, 6) is -1.14. The molecular formula is C19H20FNO3. The van der Waals surface area contributed by atoms with Crippen LogP contribution in [0, 0.1) is 5.82 Å². The van der Waals surface area contributed by atoms with Crippen molar-refractivity contribution in [2.75, 3.05) is 13.6 Å². The van der Waals surface area contributed by atoms with Crippen molar-refractivity contribution in [1.82, 2.24) is 4.90 Å². The molecule has 4 nitrogen and oxygen atoms in total. The van der Waals surface area contributed by atoms with Gasteiger partial charge >= 0.3 is 0 Å². The lowest BCUT2D eigenvalue weighted by Gasteiger charge is -2.26. The van der Waals surface area contributed by atoms with E-state index in [4.69, 9.17) is 0 Å². The van der Waals surface area contributed by atoms with Gasteiger partial charge in [-0.15, -0.1) is 0 Å². The van der Waals surface area contributed by atoms with Gasteiger partial charge in [0.15, 0.2) is 5.78 Å². The van der Waals surface area contributed by atoms with E-state index in [9.17, 15) is 19.1 Å². The predicted octanol–water partition coefficient (Wildman–Crippen LogP) is 2.90. The summed E-state index contributed by atoms with van der Waals surface area (Å²) < 4.78 is 13.0. The summed E-state index contributed by atoms with van der Waals surface area (Å²) in [7, 11) is 1.57. The normalized spacial score (nSPS) is 11.2. The molecule has 0 aliphatic carbocycles. The molecule has 0 aliphatic heterocycles. The van der Waals surface area contributed by atoms with Crippen molar-refractivity contribution >= 4 is 11.7 Å². The van der Waals surface area contributed by atoms with Crippen molar-refractivity contribution < 1.29 is 19.1 Å². The van der Waals surface area contributed by atoms with E-state index in [-0.39, 0.29) is 29.4 Å². The van der Waals surface area contributed by atoms with Gasteiger partial charge in [-0.25, -0.2) is 4.39 Å². The number of carbonyl (C=O) groups excluding carboxylic acids is 2. The van der Waals surface area contributed by atoms with Gasteiger partial charge in [-0.1, -0.05) is 18.2 Å². The van der Waals surface area contributed by atoms with Crippen LogP contribution in [-0.2, 0) is 0 Å². The number of hydrogen-bond donors (Lipinski definition) is 1. The van der Waals surface area contributed by atoms with E-state index in [0.717, 1.165) is 0 Å². The molecule has 0 atom stereocenters. The Morgan fingerprint density at radius 1 is 1.04 bits per heavy atom. The third kappa shape index (κ3) is 4.26. The van der Waals surface area contributed by atoms with Crippen LogP contribution >= 0.6 is 0 Å². The first-order valence-corrected chi connectivity index (χ1v) is 7.56. The lowest BCUT2D eigenvalue weighted by Crippen LogP contribution is -2.40. The van der Waals surface area contributed by atoms with Crippen LogP contribution in [0.1, 0.15) is 40.1 Å². The number of carbonyl (C=O) groups is 2. The standard InChI is InChI=1S/C19H20FNO3/c1-19(2,24)12-21(3)18(23)16-7-5-4-6-15(16)17(22)13-8-10-14(20)11-9-13/h4-11,24H,12H2,1-3H3. The maximum absolute atomic E-state index is 13.0. The third-order valence-corrected chi connectivity index (χ3v) is 3.48. The van der Waals surface area contributed by atoms with E-state index in [2.05, 4.69) is 0 Å². The van der Waals surface area contributed by atoms with Crippen LogP contribution in [0.3, 0.4) is 0 Å². The first-order chi connectivity index (χ1) is 11.2. The second-order valence-corrected chi connectivity index (χ2v) is 6.36. The SMILES string of the molecule is CN(CC(C)(C)O)C(=O)c1ccccc1C(=O)c1ccc(F)cc1. The van der Waals surface area contributed by atoms with Crippen LogP contribution in [-0.4, -0.2) is 40.9 Å². The van der Waals surface area contributed by atoms with Crippen molar-refractivity contribution in [3.05, 3.63) is 71.0 Å². The highest BCUT2D eigenvalue weighted by Gasteiger charge is 2.24. The number of aliphatic hydroxyl groups is 1. The van der Waals surface area contributed by atoms with Gasteiger partial charge in [-0.2, -0.15) is 0 Å². The van der Waals surface area contributed by atoms with Gasteiger partial charge in [-0.05, 0) is 44.2 Å². The number of benzene rings is 2. The monoisotopic (exact) mass is 329 g/mol. The van der Waals surface area contributed by atoms with Crippen LogP contribution in [0.15, 0.2) is 48.5 Å². The second kappa shape index (κ2) is 6.93. The molecule has 0 radical (unpaired) electrons. The van der Waals surface area contributed by atoms with E-state index >= 15 is 0 Å². The Bertz CT molecular complexity index is 748. The molecule has 2 aromatic carbocycles. The number of halogens is 1. The fourth-order valence-corrected chi connectivity index (χ4v) is 2.48. The summed E-state index contributed by atoms with van der Waals surface area (Å²) in [6.45, 7) is 3.34. The average molecular weight is 329 g/mol. The molecule has 0 spiro atoms. The fraction of sp³-hybridized carbons (Fsp3) is 0.263. The molecule has 0 bridgehead atoms. The van der Waals surface area contributed by atoms with Crippen molar-refractivity contribution in [2.45, 2.75) is 19.4 Å². The molecular weight excluding hydrogens is 309 g/mol. The minimum Gasteiger partial charge on any atom is -0.389 e. The Balaban J connectivity index is 2.35. The molecule has 0 saturated heterocycles. The van der Waals surface area contributed by atoms with Crippen molar-refractivity contribution in [2.24, 2.45) is 0 Å². The van der Waals surface area contributed by atoms with Gasteiger partial charge in [0.05, 0.1) is 11.2 Å². The number of nitrogens with zero attached hydrogens (tertiary/aromatic N) is 1. The smallest absolute Gasteiger partial charge is 0.254 e. The van der Waals surface area contributed by atoms with E-state index in [1.807, 2.05) is 0 Å². The maximum atomic E-state index is 13.0. The zero-order chi connectivity index (χ0) is 17.9. The van der Waals surface area contributed by atoms with Gasteiger partial charge in [0.2, 0.25) is 0 Å². The topological polar surface area (TPSA) is 57.6 Å². The van der Waals surface area contributed by atoms with E-state index in [0.29, 0.717) is 5.56 Å². The lowest BCUT2D eigenvalue weighted by atomic mass is 9.97. The number of ketones is 1. The Labute approximate surface area is 140 Å². The van der Waals surface area contributed by atoms with E-state index < -0.39 is 11.4 Å². The highest BCUT2D eigenvalue weighted by Crippen LogP contribution is 2.18. The second-order valence-electron chi connectivity index (χ2n) is 6.36. The zero-order valence-electron chi connectivity index (χ0n) is 13.9. The van der Waals surface area contributed by atoms with Gasteiger partial charge in [0.1, 0.15) is 5.82 Å². The fourth-order valence-electron chi connectivity index (χ4n) is 2.48. The Morgan fingerprint density at radius 3 is 2.12 bits per heavy atom. The van der Waals surface area contributed by atoms with Crippen LogP contribution in [0.2, 0.25) is 0 Å². The summed E-state index contributed by atoms with van der Waals surface area (Å²) in [5, 5.41) is 9.87. The lowest BCUT2D eigenvalue weighted by molar-refractivity contribution is 0.0367. The van der Waals surface area contributed by atoms with Crippen LogP contribution in [0.5, 0.6) is 0 Å². The first kappa shape index (κ1) is 17.8. The largest absolute Gasteiger partial charge is 0.389 e. The molecule has 0 aliphatic rings. The Hall–Kier alpha value is -2.53. The van der Waals surface area contributed by atoms with Crippen molar-refractivity contribution in [3.63, 3.8) is 0 Å². The zero-order valence-corrected chi connectivity index (χ0v) is 13.9. The molecule has 2 rings (SSSR count). The van der Waals surface area contributed by atoms with Crippen molar-refractivity contribution in [1.29, 1.82) is 0 Å². The van der Waals surface area contributed by atoms with E-state index in [1.165, 1.54) is 29.2 Å². The summed E-state index contributed by atoms with van der Waals surface area (Å²) in [4.78, 5) is 26.7. The minimum absolute atomic E-state index is 0.130. The first-order valence-electron chi connectivity index (χ1n) is 7.56. The average Bonchev–Trinajstić information content (AvgIpc) is 2.52. The molecule has 0 saturated carbocycles. The number of rotatable bonds is 5. The summed E-state index contributed by atoms with van der Waals surface area (Å²) in [6, 6.07) is 11.7. The highest BCUT2D eigenvalue weighted by molar-refractivity contribution is 6.15. The van der Waals surface area contributed by atoms with Gasteiger partial charge in [0, 0.05) is 24.7 Å². The molecule has 5 heteroatoms. The number of amides is 1. The summed E-state index contributed by atoms with van der Waals surface area (Å²) in [5.41, 5.74) is -0.239. The molecule has 24 heavy (non-hydrogen) atoms. The summed E-state index contributed by atoms with van der Waals surface area (Å²) >= 11 is 0. The molecule has 0 heterocycles. The number of hydrogen-bond acceptors (Lipinski definition) is 3. The Morgan fingerprint density at radius 2 is 1.58 bits per heavy atom. The quantitative estimate of drug-likeness (QED) is 0.858. The molecule has 0 fully saturated rings. The predicted molar refractivity (Wildman–Crippen MR) is 89.5 cm³/mol. The third-order valence-electron chi connectivity index (χ3n) is 3.48. The van der Waals surface area contributed by atoms with Crippen LogP contribution in [0.25, 0.3) is 0 Å². The van der Waals surface area contributed by atoms with Gasteiger partial charge < -0.3 is 10.0 Å². The highest BCUT2D eigenvalue weighted by atomic mass is 19.1. The number of likely N-dealkylation sites (N-methyl/N-ethyl adjacent to an activating group) is 1. The van der Waals surface area contributed by atoms with Gasteiger partial charge in [-0.3, -0.25) is 9.59 Å². The van der Waals surface area contributed by atoms with E-state index in [1.54, 1.807) is 45.2 Å². The van der Waals surface area contributed by atoms with Gasteiger partial charge in [0.25, 0.3) is 5.91 Å². The van der Waals surface area contributed by atoms with Crippen LogP contribution in [0.4, 0.5) is 4.39 Å². The molecule has 1 N–H and O–H groups in total. The molecule has 0 aromatic heterocycles. The molecule has 126 valence electrons.